The highest BCUT2D eigenvalue weighted by Gasteiger charge is 2.31. The quantitative estimate of drug-likeness (QED) is 0.322. The van der Waals surface area contributed by atoms with Gasteiger partial charge in [-0.2, -0.15) is 0 Å². The summed E-state index contributed by atoms with van der Waals surface area (Å²) in [6.07, 6.45) is 0. The smallest absolute Gasteiger partial charge is 0.105 e. The number of nitrogens with zero attached hydrogens (tertiary/aromatic N) is 2. The molecule has 1 atom stereocenters. The molecule has 0 amide bonds. The van der Waals surface area contributed by atoms with E-state index in [2.05, 4.69) is 47.9 Å². The number of aliphatic imine (C=N–C) groups is 1. The van der Waals surface area contributed by atoms with Crippen LogP contribution in [0.4, 0.5) is 0 Å². The maximum absolute atomic E-state index is 4.34. The van der Waals surface area contributed by atoms with E-state index in [9.17, 15) is 0 Å². The minimum absolute atomic E-state index is 0.0396. The molecule has 3 nitrogen and oxygen atoms in total. The van der Waals surface area contributed by atoms with Crippen LogP contribution in [0.25, 0.3) is 0 Å². The van der Waals surface area contributed by atoms with Crippen LogP contribution in [-0.2, 0) is 0 Å². The van der Waals surface area contributed by atoms with Gasteiger partial charge in [-0.1, -0.05) is 26.7 Å². The van der Waals surface area contributed by atoms with Crippen molar-refractivity contribution in [3.8, 4) is 12.0 Å². The zero-order chi connectivity index (χ0) is 12.1. The Morgan fingerprint density at radius 3 is 2.27 bits per heavy atom. The van der Waals surface area contributed by atoms with Gasteiger partial charge in [-0.15, -0.1) is 0 Å². The fraction of sp³-hybridized carbons (Fsp3) is 0.750. The van der Waals surface area contributed by atoms with Gasteiger partial charge < -0.3 is 10.2 Å². The molecule has 0 saturated carbocycles. The Hall–Kier alpha value is -1.17. The second-order valence-corrected chi connectivity index (χ2v) is 4.40. The highest BCUT2D eigenvalue weighted by atomic mass is 15.1. The van der Waals surface area contributed by atoms with Crippen molar-refractivity contribution in [2.75, 3.05) is 28.2 Å². The van der Waals surface area contributed by atoms with Crippen LogP contribution in [0.3, 0.4) is 0 Å². The first-order valence-corrected chi connectivity index (χ1v) is 5.19. The van der Waals surface area contributed by atoms with Gasteiger partial charge in [-0.3, -0.25) is 4.99 Å². The molecule has 0 aliphatic rings. The number of hydrogen-bond acceptors (Lipinski definition) is 2. The lowest BCUT2D eigenvalue weighted by Gasteiger charge is -2.34. The molecule has 0 aromatic heterocycles. The van der Waals surface area contributed by atoms with Gasteiger partial charge in [0, 0.05) is 45.6 Å². The fourth-order valence-electron chi connectivity index (χ4n) is 1.62. The van der Waals surface area contributed by atoms with E-state index in [1.807, 2.05) is 28.2 Å². The van der Waals surface area contributed by atoms with E-state index in [0.29, 0.717) is 0 Å². The summed E-state index contributed by atoms with van der Waals surface area (Å²) in [7, 11) is 7.69. The molecular weight excluding hydrogens is 186 g/mol. The van der Waals surface area contributed by atoms with Crippen LogP contribution in [0.15, 0.2) is 4.99 Å². The first-order valence-electron chi connectivity index (χ1n) is 5.19. The van der Waals surface area contributed by atoms with E-state index in [1.54, 1.807) is 0 Å². The van der Waals surface area contributed by atoms with Gasteiger partial charge in [0.15, 0.2) is 0 Å². The van der Waals surface area contributed by atoms with Crippen molar-refractivity contribution >= 4 is 5.84 Å². The highest BCUT2D eigenvalue weighted by Crippen LogP contribution is 2.28. The molecule has 0 saturated heterocycles. The third kappa shape index (κ3) is 3.47. The van der Waals surface area contributed by atoms with Crippen molar-refractivity contribution in [2.24, 2.45) is 16.3 Å². The average Bonchev–Trinajstić information content (AvgIpc) is 2.13. The van der Waals surface area contributed by atoms with Crippen molar-refractivity contribution in [3.05, 3.63) is 0 Å². The minimum Gasteiger partial charge on any atom is -0.366 e. The molecule has 0 aliphatic carbocycles. The summed E-state index contributed by atoms with van der Waals surface area (Å²) < 4.78 is 0. The SMILES string of the molecule is C/N=C(\N(C)C)C(C)(C)C(C)C#CNC. The molecule has 0 spiro atoms. The van der Waals surface area contributed by atoms with Crippen molar-refractivity contribution in [3.63, 3.8) is 0 Å². The Morgan fingerprint density at radius 2 is 1.93 bits per heavy atom. The van der Waals surface area contributed by atoms with E-state index in [1.165, 1.54) is 0 Å². The molecule has 0 heterocycles. The van der Waals surface area contributed by atoms with Crippen LogP contribution in [0.2, 0.25) is 0 Å². The Morgan fingerprint density at radius 1 is 1.40 bits per heavy atom. The predicted octanol–water partition coefficient (Wildman–Crippen LogP) is 1.42. The zero-order valence-electron chi connectivity index (χ0n) is 11.0. The number of nitrogens with one attached hydrogen (secondary N) is 1. The van der Waals surface area contributed by atoms with E-state index in [0.717, 1.165) is 5.84 Å². The summed E-state index contributed by atoms with van der Waals surface area (Å²) in [6, 6.07) is 2.90. The first kappa shape index (κ1) is 13.8. The van der Waals surface area contributed by atoms with Gasteiger partial charge in [0.05, 0.1) is 0 Å². The third-order valence-corrected chi connectivity index (χ3v) is 2.71. The lowest BCUT2D eigenvalue weighted by molar-refractivity contribution is 0.368. The van der Waals surface area contributed by atoms with Crippen molar-refractivity contribution in [2.45, 2.75) is 20.8 Å². The summed E-state index contributed by atoms with van der Waals surface area (Å²) in [4.78, 5) is 6.40. The molecule has 0 bridgehead atoms. The molecule has 0 aliphatic heterocycles. The van der Waals surface area contributed by atoms with Gasteiger partial charge in [0.25, 0.3) is 0 Å². The Kier molecular flexibility index (Phi) is 5.21. The van der Waals surface area contributed by atoms with Crippen LogP contribution < -0.4 is 5.32 Å². The number of hydrogen-bond donors (Lipinski definition) is 1. The molecule has 1 N–H and O–H groups in total. The van der Waals surface area contributed by atoms with Crippen molar-refractivity contribution < 1.29 is 0 Å². The maximum Gasteiger partial charge on any atom is 0.105 e. The first-order chi connectivity index (χ1) is 6.87. The Labute approximate surface area is 94.0 Å². The van der Waals surface area contributed by atoms with E-state index < -0.39 is 0 Å². The summed E-state index contributed by atoms with van der Waals surface area (Å²) in [5, 5.41) is 2.84. The van der Waals surface area contributed by atoms with Gasteiger partial charge in [-0.25, -0.2) is 0 Å². The standard InChI is InChI=1S/C12H23N3/c1-10(8-9-13-4)12(2,3)11(14-5)15(6)7/h10,13H,1-7H3/b14-11-. The van der Waals surface area contributed by atoms with Crippen LogP contribution in [-0.4, -0.2) is 38.9 Å². The summed E-state index contributed by atoms with van der Waals surface area (Å²) in [5.41, 5.74) is -0.0396. The van der Waals surface area contributed by atoms with Crippen molar-refractivity contribution in [1.29, 1.82) is 0 Å². The average molecular weight is 209 g/mol. The predicted molar refractivity (Wildman–Crippen MR) is 66.8 cm³/mol. The third-order valence-electron chi connectivity index (χ3n) is 2.71. The lowest BCUT2D eigenvalue weighted by atomic mass is 9.78. The monoisotopic (exact) mass is 209 g/mol. The molecule has 0 aromatic rings. The van der Waals surface area contributed by atoms with E-state index in [4.69, 9.17) is 0 Å². The molecule has 86 valence electrons. The fourth-order valence-corrected chi connectivity index (χ4v) is 1.62. The second kappa shape index (κ2) is 5.65. The Balaban J connectivity index is 4.94. The van der Waals surface area contributed by atoms with Gasteiger partial charge in [0.2, 0.25) is 0 Å². The zero-order valence-corrected chi connectivity index (χ0v) is 11.0. The molecule has 1 unspecified atom stereocenters. The van der Waals surface area contributed by atoms with Gasteiger partial charge in [0.1, 0.15) is 5.84 Å². The summed E-state index contributed by atoms with van der Waals surface area (Å²) >= 11 is 0. The molecular formula is C12H23N3. The second-order valence-electron chi connectivity index (χ2n) is 4.40. The molecule has 0 rings (SSSR count). The molecule has 0 radical (unpaired) electrons. The maximum atomic E-state index is 4.34. The van der Waals surface area contributed by atoms with Gasteiger partial charge >= 0.3 is 0 Å². The van der Waals surface area contributed by atoms with Gasteiger partial charge in [-0.05, 0) is 0 Å². The molecule has 3 heteroatoms. The largest absolute Gasteiger partial charge is 0.366 e. The number of rotatable bonds is 2. The van der Waals surface area contributed by atoms with Crippen molar-refractivity contribution in [1.82, 2.24) is 10.2 Å². The summed E-state index contributed by atoms with van der Waals surface area (Å²) in [5.74, 6) is 4.50. The van der Waals surface area contributed by atoms with Crippen LogP contribution >= 0.6 is 0 Å². The Bertz CT molecular complexity index is 279. The van der Waals surface area contributed by atoms with E-state index >= 15 is 0 Å². The number of amidine groups is 1. The van der Waals surface area contributed by atoms with Crippen LogP contribution in [0.1, 0.15) is 20.8 Å². The minimum atomic E-state index is -0.0396. The lowest BCUT2D eigenvalue weighted by Crippen LogP contribution is -2.40. The van der Waals surface area contributed by atoms with E-state index in [-0.39, 0.29) is 11.3 Å². The highest BCUT2D eigenvalue weighted by molar-refractivity contribution is 5.87. The molecule has 0 aromatic carbocycles. The summed E-state index contributed by atoms with van der Waals surface area (Å²) in [6.45, 7) is 6.47. The topological polar surface area (TPSA) is 27.6 Å². The van der Waals surface area contributed by atoms with Crippen LogP contribution in [0.5, 0.6) is 0 Å². The normalized spacial score (nSPS) is 13.9. The molecule has 0 fully saturated rings. The molecule has 15 heavy (non-hydrogen) atoms. The van der Waals surface area contributed by atoms with Crippen LogP contribution in [0, 0.1) is 23.3 Å².